The average molecular weight is 276 g/mol. The second-order valence-corrected chi connectivity index (χ2v) is 6.59. The number of ether oxygens (including phenoxy) is 1. The molecule has 2 rings (SSSR count). The summed E-state index contributed by atoms with van der Waals surface area (Å²) in [6, 6.07) is 4.65. The fourth-order valence-corrected chi connectivity index (χ4v) is 4.03. The summed E-state index contributed by atoms with van der Waals surface area (Å²) < 4.78 is 29.9. The van der Waals surface area contributed by atoms with Crippen LogP contribution in [0.15, 0.2) is 23.1 Å². The lowest BCUT2D eigenvalue weighted by atomic mass is 10.3. The maximum atomic E-state index is 12.4. The zero-order valence-corrected chi connectivity index (χ0v) is 11.0. The molecule has 1 heterocycles. The van der Waals surface area contributed by atoms with Gasteiger partial charge in [-0.05, 0) is 31.2 Å². The van der Waals surface area contributed by atoms with Crippen LogP contribution in [0, 0.1) is 0 Å². The lowest BCUT2D eigenvalue weighted by Crippen LogP contribution is -2.24. The van der Waals surface area contributed by atoms with Crippen LogP contribution in [0.5, 0.6) is 5.75 Å². The molecule has 1 atom stereocenters. The van der Waals surface area contributed by atoms with Crippen molar-refractivity contribution in [2.24, 2.45) is 0 Å². The first-order valence-electron chi connectivity index (χ1n) is 5.34. The van der Waals surface area contributed by atoms with Crippen molar-refractivity contribution in [3.05, 3.63) is 23.2 Å². The van der Waals surface area contributed by atoms with E-state index in [0.29, 0.717) is 23.7 Å². The molecular weight excluding hydrogens is 262 g/mol. The quantitative estimate of drug-likeness (QED) is 0.908. The van der Waals surface area contributed by atoms with Gasteiger partial charge in [0.15, 0.2) is 9.84 Å². The number of hydrogen-bond acceptors (Lipinski definition) is 4. The Labute approximate surface area is 106 Å². The van der Waals surface area contributed by atoms with Gasteiger partial charge in [-0.2, -0.15) is 0 Å². The van der Waals surface area contributed by atoms with Crippen molar-refractivity contribution in [3.63, 3.8) is 0 Å². The third-order valence-electron chi connectivity index (χ3n) is 2.89. The summed E-state index contributed by atoms with van der Waals surface area (Å²) in [6.45, 7) is 1.21. The molecule has 0 saturated carbocycles. The Balaban J connectivity index is 2.47. The van der Waals surface area contributed by atoms with Gasteiger partial charge in [0.2, 0.25) is 0 Å². The molecule has 1 aromatic rings. The highest BCUT2D eigenvalue weighted by Gasteiger charge is 2.32. The number of halogens is 1. The summed E-state index contributed by atoms with van der Waals surface area (Å²) >= 11 is 5.85. The minimum Gasteiger partial charge on any atom is -0.495 e. The van der Waals surface area contributed by atoms with Gasteiger partial charge in [0.25, 0.3) is 0 Å². The molecule has 0 bridgehead atoms. The van der Waals surface area contributed by atoms with Gasteiger partial charge >= 0.3 is 0 Å². The molecule has 0 spiro atoms. The Morgan fingerprint density at radius 1 is 1.47 bits per heavy atom. The number of rotatable bonds is 3. The highest BCUT2D eigenvalue weighted by atomic mass is 35.5. The van der Waals surface area contributed by atoms with Gasteiger partial charge in [-0.15, -0.1) is 0 Å². The average Bonchev–Trinajstić information content (AvgIpc) is 2.83. The van der Waals surface area contributed by atoms with Gasteiger partial charge in [-0.25, -0.2) is 8.42 Å². The molecule has 0 aromatic heterocycles. The van der Waals surface area contributed by atoms with Crippen molar-refractivity contribution in [2.45, 2.75) is 16.6 Å². The van der Waals surface area contributed by atoms with Crippen LogP contribution in [-0.2, 0) is 9.84 Å². The normalized spacial score (nSPS) is 20.5. The van der Waals surface area contributed by atoms with Gasteiger partial charge in [-0.3, -0.25) is 0 Å². The van der Waals surface area contributed by atoms with Crippen LogP contribution in [0.3, 0.4) is 0 Å². The van der Waals surface area contributed by atoms with Crippen LogP contribution in [0.25, 0.3) is 0 Å². The van der Waals surface area contributed by atoms with E-state index in [1.807, 2.05) is 0 Å². The summed E-state index contributed by atoms with van der Waals surface area (Å²) in [5.74, 6) is 0.348. The molecule has 1 fully saturated rings. The molecule has 17 heavy (non-hydrogen) atoms. The van der Waals surface area contributed by atoms with E-state index in [4.69, 9.17) is 16.3 Å². The van der Waals surface area contributed by atoms with Crippen molar-refractivity contribution in [2.75, 3.05) is 20.2 Å². The lowest BCUT2D eigenvalue weighted by Gasteiger charge is -2.14. The number of methoxy groups -OCH3 is 1. The molecule has 1 saturated heterocycles. The van der Waals surface area contributed by atoms with E-state index in [1.54, 1.807) is 12.1 Å². The molecule has 4 nitrogen and oxygen atoms in total. The molecule has 94 valence electrons. The predicted octanol–water partition coefficient (Wildman–Crippen LogP) is 1.48. The van der Waals surface area contributed by atoms with Crippen LogP contribution in [0.1, 0.15) is 6.42 Å². The molecule has 1 N–H and O–H groups in total. The first-order valence-corrected chi connectivity index (χ1v) is 7.26. The first kappa shape index (κ1) is 12.7. The highest BCUT2D eigenvalue weighted by Crippen LogP contribution is 2.31. The summed E-state index contributed by atoms with van der Waals surface area (Å²) in [6.07, 6.45) is 0.623. The topological polar surface area (TPSA) is 55.4 Å². The van der Waals surface area contributed by atoms with Gasteiger partial charge < -0.3 is 10.1 Å². The Bertz CT molecular complexity index is 509. The first-order chi connectivity index (χ1) is 8.05. The lowest BCUT2D eigenvalue weighted by molar-refractivity contribution is 0.402. The number of sulfone groups is 1. The Morgan fingerprint density at radius 3 is 2.82 bits per heavy atom. The zero-order valence-electron chi connectivity index (χ0n) is 9.44. The molecule has 0 aliphatic carbocycles. The minimum atomic E-state index is -3.38. The number of hydrogen-bond donors (Lipinski definition) is 1. The van der Waals surface area contributed by atoms with Gasteiger partial charge in [-0.1, -0.05) is 11.6 Å². The SMILES string of the molecule is COc1ccc(Cl)cc1S(=O)(=O)C1CCNC1. The van der Waals surface area contributed by atoms with Crippen LogP contribution in [0.4, 0.5) is 0 Å². The fraction of sp³-hybridized carbons (Fsp3) is 0.455. The molecule has 1 aromatic carbocycles. The molecular formula is C11H14ClNO3S. The van der Waals surface area contributed by atoms with Crippen LogP contribution in [-0.4, -0.2) is 33.9 Å². The van der Waals surface area contributed by atoms with E-state index in [1.165, 1.54) is 13.2 Å². The third kappa shape index (κ3) is 2.41. The monoisotopic (exact) mass is 275 g/mol. The second-order valence-electron chi connectivity index (χ2n) is 3.95. The second kappa shape index (κ2) is 4.84. The number of nitrogens with one attached hydrogen (secondary N) is 1. The molecule has 1 aliphatic heterocycles. The molecule has 0 amide bonds. The Hall–Kier alpha value is -0.780. The van der Waals surface area contributed by atoms with Gasteiger partial charge in [0.1, 0.15) is 10.6 Å². The maximum absolute atomic E-state index is 12.4. The van der Waals surface area contributed by atoms with Gasteiger partial charge in [0, 0.05) is 11.6 Å². The van der Waals surface area contributed by atoms with E-state index in [9.17, 15) is 8.42 Å². The van der Waals surface area contributed by atoms with Crippen LogP contribution < -0.4 is 10.1 Å². The maximum Gasteiger partial charge on any atom is 0.186 e. The zero-order chi connectivity index (χ0) is 12.5. The fourth-order valence-electron chi connectivity index (χ4n) is 1.95. The molecule has 1 aliphatic rings. The van der Waals surface area contributed by atoms with Gasteiger partial charge in [0.05, 0.1) is 12.4 Å². The minimum absolute atomic E-state index is 0.182. The summed E-state index contributed by atoms with van der Waals surface area (Å²) in [7, 11) is -1.92. The highest BCUT2D eigenvalue weighted by molar-refractivity contribution is 7.92. The van der Waals surface area contributed by atoms with Crippen molar-refractivity contribution in [1.82, 2.24) is 5.32 Å². The molecule has 6 heteroatoms. The summed E-state index contributed by atoms with van der Waals surface area (Å²) in [5, 5.41) is 3.05. The third-order valence-corrected chi connectivity index (χ3v) is 5.33. The van der Waals surface area contributed by atoms with E-state index >= 15 is 0 Å². The van der Waals surface area contributed by atoms with Crippen molar-refractivity contribution in [1.29, 1.82) is 0 Å². The van der Waals surface area contributed by atoms with Crippen LogP contribution in [0.2, 0.25) is 5.02 Å². The largest absolute Gasteiger partial charge is 0.495 e. The van der Waals surface area contributed by atoms with Crippen molar-refractivity contribution < 1.29 is 13.2 Å². The Morgan fingerprint density at radius 2 is 2.24 bits per heavy atom. The molecule has 0 radical (unpaired) electrons. The summed E-state index contributed by atoms with van der Waals surface area (Å²) in [4.78, 5) is 0.182. The van der Waals surface area contributed by atoms with E-state index < -0.39 is 15.1 Å². The Kier molecular flexibility index (Phi) is 3.61. The predicted molar refractivity (Wildman–Crippen MR) is 66.5 cm³/mol. The van der Waals surface area contributed by atoms with E-state index in [0.717, 1.165) is 6.54 Å². The van der Waals surface area contributed by atoms with E-state index in [2.05, 4.69) is 5.32 Å². The smallest absolute Gasteiger partial charge is 0.186 e. The van der Waals surface area contributed by atoms with E-state index in [-0.39, 0.29) is 4.90 Å². The number of benzene rings is 1. The standard InChI is InChI=1S/C11H14ClNO3S/c1-16-10-3-2-8(12)6-11(10)17(14,15)9-4-5-13-7-9/h2-3,6,9,13H,4-5,7H2,1H3. The van der Waals surface area contributed by atoms with Crippen LogP contribution >= 0.6 is 11.6 Å². The van der Waals surface area contributed by atoms with Crippen molar-refractivity contribution >= 4 is 21.4 Å². The molecule has 1 unspecified atom stereocenters. The summed E-state index contributed by atoms with van der Waals surface area (Å²) in [5.41, 5.74) is 0. The van der Waals surface area contributed by atoms with Crippen molar-refractivity contribution in [3.8, 4) is 5.75 Å².